The fourth-order valence-electron chi connectivity index (χ4n) is 2.34. The number of esters is 1. The third-order valence-corrected chi connectivity index (χ3v) is 3.74. The van der Waals surface area contributed by atoms with Crippen LogP contribution < -0.4 is 0 Å². The van der Waals surface area contributed by atoms with E-state index in [-0.39, 0.29) is 6.61 Å². The third-order valence-electron chi connectivity index (χ3n) is 3.74. The van der Waals surface area contributed by atoms with Crippen LogP contribution in [0.15, 0.2) is 12.1 Å². The average molecular weight is 330 g/mol. The van der Waals surface area contributed by atoms with E-state index >= 15 is 0 Å². The van der Waals surface area contributed by atoms with Crippen molar-refractivity contribution in [2.75, 3.05) is 6.61 Å². The van der Waals surface area contributed by atoms with Crippen molar-refractivity contribution in [3.63, 3.8) is 0 Å². The second kappa shape index (κ2) is 11.1. The number of hydrogen-bond acceptors (Lipinski definition) is 2. The second-order valence-electron chi connectivity index (χ2n) is 5.69. The maximum Gasteiger partial charge on any atom is 0.341 e. The van der Waals surface area contributed by atoms with Gasteiger partial charge < -0.3 is 4.74 Å². The Balaban J connectivity index is 2.14. The molecule has 130 valence electrons. The number of rotatable bonds is 11. The predicted octanol–water partition coefficient (Wildman–Crippen LogP) is 5.79. The number of ether oxygens (including phenoxy) is 1. The van der Waals surface area contributed by atoms with Crippen molar-refractivity contribution >= 4 is 5.97 Å². The Hall–Kier alpha value is -1.52. The minimum absolute atomic E-state index is 0.160. The molecule has 0 fully saturated rings. The van der Waals surface area contributed by atoms with Crippen LogP contribution in [0.4, 0.5) is 13.2 Å². The summed E-state index contributed by atoms with van der Waals surface area (Å²) in [5.41, 5.74) is -0.570. The molecule has 0 bridgehead atoms. The van der Waals surface area contributed by atoms with Gasteiger partial charge in [0.15, 0.2) is 17.5 Å². The first-order valence-electron chi connectivity index (χ1n) is 8.38. The zero-order chi connectivity index (χ0) is 17.1. The molecule has 0 aliphatic carbocycles. The van der Waals surface area contributed by atoms with Crippen LogP contribution in [0.3, 0.4) is 0 Å². The second-order valence-corrected chi connectivity index (χ2v) is 5.69. The smallest absolute Gasteiger partial charge is 0.341 e. The van der Waals surface area contributed by atoms with Gasteiger partial charge >= 0.3 is 5.97 Å². The van der Waals surface area contributed by atoms with Gasteiger partial charge in [0.2, 0.25) is 0 Å². The standard InChI is InChI=1S/C18H25F3O2/c1-2-3-4-5-6-7-8-9-10-13-23-18(22)14-11-12-15(19)17(21)16(14)20/h11-12H,2-10,13H2,1H3. The van der Waals surface area contributed by atoms with E-state index in [9.17, 15) is 18.0 Å². The number of hydrogen-bond donors (Lipinski definition) is 0. The van der Waals surface area contributed by atoms with Crippen molar-refractivity contribution in [2.45, 2.75) is 64.7 Å². The number of carbonyl (C=O) groups is 1. The van der Waals surface area contributed by atoms with Gasteiger partial charge in [0.25, 0.3) is 0 Å². The molecule has 0 spiro atoms. The van der Waals surface area contributed by atoms with E-state index in [1.165, 1.54) is 32.1 Å². The molecule has 23 heavy (non-hydrogen) atoms. The van der Waals surface area contributed by atoms with Crippen molar-refractivity contribution in [3.05, 3.63) is 35.1 Å². The maximum atomic E-state index is 13.4. The summed E-state index contributed by atoms with van der Waals surface area (Å²) >= 11 is 0. The molecule has 1 aromatic rings. The summed E-state index contributed by atoms with van der Waals surface area (Å²) in [7, 11) is 0. The van der Waals surface area contributed by atoms with E-state index in [1.54, 1.807) is 0 Å². The molecule has 1 aromatic carbocycles. The Morgan fingerprint density at radius 2 is 1.43 bits per heavy atom. The highest BCUT2D eigenvalue weighted by Gasteiger charge is 2.19. The van der Waals surface area contributed by atoms with Gasteiger partial charge in [-0.25, -0.2) is 18.0 Å². The average Bonchev–Trinajstić information content (AvgIpc) is 2.54. The first-order chi connectivity index (χ1) is 11.1. The molecular formula is C18H25F3O2. The van der Waals surface area contributed by atoms with Crippen LogP contribution in [0.5, 0.6) is 0 Å². The van der Waals surface area contributed by atoms with E-state index in [0.29, 0.717) is 12.5 Å². The Morgan fingerprint density at radius 3 is 2.04 bits per heavy atom. The molecule has 2 nitrogen and oxygen atoms in total. The molecule has 1 rings (SSSR count). The summed E-state index contributed by atoms with van der Waals surface area (Å²) in [5, 5.41) is 0. The number of unbranched alkanes of at least 4 members (excludes halogenated alkanes) is 8. The fourth-order valence-corrected chi connectivity index (χ4v) is 2.34. The van der Waals surface area contributed by atoms with Crippen molar-refractivity contribution in [3.8, 4) is 0 Å². The van der Waals surface area contributed by atoms with Crippen LogP contribution in [-0.4, -0.2) is 12.6 Å². The number of halogens is 3. The van der Waals surface area contributed by atoms with Gasteiger partial charge in [0.1, 0.15) is 0 Å². The normalized spacial score (nSPS) is 10.8. The fraction of sp³-hybridized carbons (Fsp3) is 0.611. The van der Waals surface area contributed by atoms with Crippen LogP contribution in [0, 0.1) is 17.5 Å². The van der Waals surface area contributed by atoms with E-state index < -0.39 is 29.0 Å². The van der Waals surface area contributed by atoms with Gasteiger partial charge in [-0.1, -0.05) is 58.3 Å². The van der Waals surface area contributed by atoms with E-state index in [2.05, 4.69) is 6.92 Å². The number of carbonyl (C=O) groups excluding carboxylic acids is 1. The van der Waals surface area contributed by atoms with E-state index in [0.717, 1.165) is 25.3 Å². The molecule has 0 radical (unpaired) electrons. The molecule has 0 saturated carbocycles. The van der Waals surface area contributed by atoms with Crippen LogP contribution in [0.1, 0.15) is 75.1 Å². The van der Waals surface area contributed by atoms with Gasteiger partial charge in [0, 0.05) is 0 Å². The van der Waals surface area contributed by atoms with Gasteiger partial charge in [-0.15, -0.1) is 0 Å². The van der Waals surface area contributed by atoms with Crippen LogP contribution in [-0.2, 0) is 4.74 Å². The molecule has 0 unspecified atom stereocenters. The van der Waals surface area contributed by atoms with Crippen molar-refractivity contribution < 1.29 is 22.7 Å². The topological polar surface area (TPSA) is 26.3 Å². The summed E-state index contributed by atoms with van der Waals surface area (Å²) in [6.45, 7) is 2.35. The summed E-state index contributed by atoms with van der Waals surface area (Å²) in [6, 6.07) is 1.61. The molecule has 0 heterocycles. The Morgan fingerprint density at radius 1 is 0.870 bits per heavy atom. The molecule has 5 heteroatoms. The minimum Gasteiger partial charge on any atom is -0.462 e. The summed E-state index contributed by atoms with van der Waals surface area (Å²) in [5.74, 6) is -5.43. The van der Waals surface area contributed by atoms with E-state index in [1.807, 2.05) is 0 Å². The predicted molar refractivity (Wildman–Crippen MR) is 83.8 cm³/mol. The lowest BCUT2D eigenvalue weighted by Gasteiger charge is -2.06. The first kappa shape index (κ1) is 19.5. The molecule has 0 amide bonds. The minimum atomic E-state index is -1.65. The van der Waals surface area contributed by atoms with E-state index in [4.69, 9.17) is 4.74 Å². The monoisotopic (exact) mass is 330 g/mol. The largest absolute Gasteiger partial charge is 0.462 e. The summed E-state index contributed by atoms with van der Waals surface area (Å²) in [6.07, 6.45) is 10.2. The highest BCUT2D eigenvalue weighted by molar-refractivity contribution is 5.89. The molecular weight excluding hydrogens is 305 g/mol. The maximum absolute atomic E-state index is 13.4. The number of benzene rings is 1. The molecule has 0 N–H and O–H groups in total. The lowest BCUT2D eigenvalue weighted by molar-refractivity contribution is 0.0491. The Kier molecular flexibility index (Phi) is 9.41. The Labute approximate surface area is 136 Å². The lowest BCUT2D eigenvalue weighted by Crippen LogP contribution is -2.10. The van der Waals surface area contributed by atoms with Crippen molar-refractivity contribution in [1.29, 1.82) is 0 Å². The van der Waals surface area contributed by atoms with Crippen LogP contribution in [0.25, 0.3) is 0 Å². The molecule has 0 aliphatic heterocycles. The third kappa shape index (κ3) is 7.06. The highest BCUT2D eigenvalue weighted by atomic mass is 19.2. The lowest BCUT2D eigenvalue weighted by atomic mass is 10.1. The van der Waals surface area contributed by atoms with Gasteiger partial charge in [-0.2, -0.15) is 0 Å². The molecule has 0 atom stereocenters. The van der Waals surface area contributed by atoms with Gasteiger partial charge in [-0.3, -0.25) is 0 Å². The molecule has 0 aliphatic rings. The molecule has 0 aromatic heterocycles. The van der Waals surface area contributed by atoms with Crippen molar-refractivity contribution in [1.82, 2.24) is 0 Å². The summed E-state index contributed by atoms with van der Waals surface area (Å²) < 4.78 is 44.1. The summed E-state index contributed by atoms with van der Waals surface area (Å²) in [4.78, 5) is 11.6. The zero-order valence-electron chi connectivity index (χ0n) is 13.7. The van der Waals surface area contributed by atoms with Gasteiger partial charge in [-0.05, 0) is 18.6 Å². The van der Waals surface area contributed by atoms with Crippen LogP contribution in [0.2, 0.25) is 0 Å². The zero-order valence-corrected chi connectivity index (χ0v) is 13.7. The van der Waals surface area contributed by atoms with Crippen molar-refractivity contribution in [2.24, 2.45) is 0 Å². The quantitative estimate of drug-likeness (QED) is 0.291. The molecule has 0 saturated heterocycles. The Bertz CT molecular complexity index is 489. The van der Waals surface area contributed by atoms with Gasteiger partial charge in [0.05, 0.1) is 12.2 Å². The highest BCUT2D eigenvalue weighted by Crippen LogP contribution is 2.16. The SMILES string of the molecule is CCCCCCCCCCCOC(=O)c1ccc(F)c(F)c1F. The first-order valence-corrected chi connectivity index (χ1v) is 8.38. The van der Waals surface area contributed by atoms with Crippen LogP contribution >= 0.6 is 0 Å².